The molecule has 0 spiro atoms. The second kappa shape index (κ2) is 14.1. The predicted molar refractivity (Wildman–Crippen MR) is 176 cm³/mol. The minimum Gasteiger partial charge on any atom is -0.445 e. The minimum absolute atomic E-state index is 0.171. The summed E-state index contributed by atoms with van der Waals surface area (Å²) in [5.74, 6) is 6.47. The number of carbonyl (C=O) groups is 2. The number of carbonyl (C=O) groups excluding carboxylic acids is 2. The Labute approximate surface area is 263 Å². The van der Waals surface area contributed by atoms with Crippen molar-refractivity contribution in [3.63, 3.8) is 0 Å². The van der Waals surface area contributed by atoms with Crippen molar-refractivity contribution in [3.05, 3.63) is 96.6 Å². The fourth-order valence-electron chi connectivity index (χ4n) is 5.49. The highest BCUT2D eigenvalue weighted by molar-refractivity contribution is 6.99. The van der Waals surface area contributed by atoms with Gasteiger partial charge in [0.15, 0.2) is 0 Å². The zero-order valence-electron chi connectivity index (χ0n) is 26.7. The van der Waals surface area contributed by atoms with Crippen LogP contribution in [0.1, 0.15) is 47.1 Å². The molecule has 44 heavy (non-hydrogen) atoms. The van der Waals surface area contributed by atoms with Crippen LogP contribution >= 0.6 is 0 Å². The number of benzene rings is 3. The van der Waals surface area contributed by atoms with Crippen LogP contribution in [0.15, 0.2) is 91.0 Å². The van der Waals surface area contributed by atoms with Gasteiger partial charge in [0.25, 0.3) is 8.32 Å². The lowest BCUT2D eigenvalue weighted by Gasteiger charge is -2.42. The normalized spacial score (nSPS) is 15.6. The summed E-state index contributed by atoms with van der Waals surface area (Å²) in [7, 11) is -2.77. The average Bonchev–Trinajstić information content (AvgIpc) is 3.00. The first-order valence-corrected chi connectivity index (χ1v) is 17.0. The Morgan fingerprint density at radius 2 is 1.34 bits per heavy atom. The molecular formula is C36H44N2O5Si. The van der Waals surface area contributed by atoms with Crippen LogP contribution in [-0.4, -0.2) is 68.2 Å². The number of nitrogens with zero attached hydrogens (tertiary/aromatic N) is 2. The molecule has 1 heterocycles. The number of piperazine rings is 1. The highest BCUT2D eigenvalue weighted by Gasteiger charge is 2.50. The molecule has 4 rings (SSSR count). The molecule has 1 unspecified atom stereocenters. The highest BCUT2D eigenvalue weighted by atomic mass is 28.4. The molecule has 3 aromatic carbocycles. The Morgan fingerprint density at radius 3 is 1.86 bits per heavy atom. The van der Waals surface area contributed by atoms with Crippen LogP contribution < -0.4 is 10.4 Å². The topological polar surface area (TPSA) is 68.3 Å². The maximum atomic E-state index is 13.2. The summed E-state index contributed by atoms with van der Waals surface area (Å²) in [6.07, 6.45) is -0.893. The summed E-state index contributed by atoms with van der Waals surface area (Å²) in [5.41, 5.74) is 0.248. The maximum absolute atomic E-state index is 13.2. The largest absolute Gasteiger partial charge is 0.445 e. The Balaban J connectivity index is 1.57. The highest BCUT2D eigenvalue weighted by Crippen LogP contribution is 2.36. The van der Waals surface area contributed by atoms with E-state index in [1.807, 2.05) is 87.5 Å². The smallest absolute Gasteiger partial charge is 0.411 e. The summed E-state index contributed by atoms with van der Waals surface area (Å²) >= 11 is 0. The Kier molecular flexibility index (Phi) is 10.6. The van der Waals surface area contributed by atoms with E-state index in [-0.39, 0.29) is 31.3 Å². The minimum atomic E-state index is -2.77. The van der Waals surface area contributed by atoms with Gasteiger partial charge in [-0.15, -0.1) is 0 Å². The quantitative estimate of drug-likeness (QED) is 0.259. The molecule has 0 aliphatic carbocycles. The van der Waals surface area contributed by atoms with Crippen molar-refractivity contribution < 1.29 is 23.5 Å². The van der Waals surface area contributed by atoms with Crippen molar-refractivity contribution in [3.8, 4) is 11.8 Å². The van der Waals surface area contributed by atoms with E-state index in [4.69, 9.17) is 13.9 Å². The van der Waals surface area contributed by atoms with Gasteiger partial charge in [0.2, 0.25) is 0 Å². The van der Waals surface area contributed by atoms with E-state index in [9.17, 15) is 9.59 Å². The van der Waals surface area contributed by atoms with E-state index in [0.29, 0.717) is 6.54 Å². The van der Waals surface area contributed by atoms with Crippen LogP contribution in [0.5, 0.6) is 0 Å². The van der Waals surface area contributed by atoms with Crippen molar-refractivity contribution in [1.29, 1.82) is 0 Å². The van der Waals surface area contributed by atoms with Crippen molar-refractivity contribution in [2.75, 3.05) is 26.2 Å². The van der Waals surface area contributed by atoms with Crippen LogP contribution in [-0.2, 0) is 20.5 Å². The van der Waals surface area contributed by atoms with Crippen LogP contribution in [0.25, 0.3) is 0 Å². The number of hydrogen-bond acceptors (Lipinski definition) is 5. The van der Waals surface area contributed by atoms with E-state index in [0.717, 1.165) is 5.56 Å². The van der Waals surface area contributed by atoms with Crippen molar-refractivity contribution in [1.82, 2.24) is 9.80 Å². The molecule has 1 aliphatic heterocycles. The monoisotopic (exact) mass is 612 g/mol. The number of hydrogen-bond donors (Lipinski definition) is 0. The van der Waals surface area contributed by atoms with Crippen molar-refractivity contribution in [2.45, 2.75) is 64.8 Å². The third-order valence-corrected chi connectivity index (χ3v) is 12.5. The lowest BCUT2D eigenvalue weighted by molar-refractivity contribution is 0.00467. The average molecular weight is 613 g/mol. The van der Waals surface area contributed by atoms with Crippen molar-refractivity contribution >= 4 is 30.9 Å². The van der Waals surface area contributed by atoms with Crippen LogP contribution in [0.4, 0.5) is 9.59 Å². The van der Waals surface area contributed by atoms with Gasteiger partial charge < -0.3 is 18.8 Å². The summed E-state index contributed by atoms with van der Waals surface area (Å²) in [4.78, 5) is 29.4. The fourth-order valence-corrected chi connectivity index (χ4v) is 9.93. The van der Waals surface area contributed by atoms with E-state index >= 15 is 0 Å². The van der Waals surface area contributed by atoms with Gasteiger partial charge in [0, 0.05) is 13.1 Å². The second-order valence-electron chi connectivity index (χ2n) is 12.9. The third-order valence-electron chi connectivity index (χ3n) is 7.52. The Hall–Kier alpha value is -4.06. The van der Waals surface area contributed by atoms with Gasteiger partial charge in [-0.2, -0.15) is 0 Å². The first-order valence-electron chi connectivity index (χ1n) is 15.1. The predicted octanol–water partition coefficient (Wildman–Crippen LogP) is 5.82. The van der Waals surface area contributed by atoms with Crippen LogP contribution in [0, 0.1) is 11.8 Å². The van der Waals surface area contributed by atoms with E-state index < -0.39 is 32.1 Å². The van der Waals surface area contributed by atoms with E-state index in [1.54, 1.807) is 9.80 Å². The summed E-state index contributed by atoms with van der Waals surface area (Å²) in [6.45, 7) is 13.3. The molecule has 3 aromatic rings. The van der Waals surface area contributed by atoms with Gasteiger partial charge in [0.1, 0.15) is 18.2 Å². The van der Waals surface area contributed by atoms with E-state index in [1.165, 1.54) is 10.4 Å². The summed E-state index contributed by atoms with van der Waals surface area (Å²) in [6, 6.07) is 29.8. The molecule has 0 N–H and O–H groups in total. The first-order chi connectivity index (χ1) is 20.9. The maximum Gasteiger partial charge on any atom is 0.411 e. The number of rotatable bonds is 6. The first kappa shape index (κ1) is 32.8. The molecule has 1 atom stereocenters. The number of amides is 2. The second-order valence-corrected chi connectivity index (χ2v) is 17.3. The van der Waals surface area contributed by atoms with Gasteiger partial charge in [0.05, 0.1) is 13.2 Å². The van der Waals surface area contributed by atoms with Crippen LogP contribution in [0.3, 0.4) is 0 Å². The molecular weight excluding hydrogens is 568 g/mol. The number of ether oxygens (including phenoxy) is 2. The SMILES string of the molecule is CC(C)(C)OC(=O)N1CCN(C(=O)OCc2ccccc2)CC1C#CCO[Si](c1ccccc1)(c1ccccc1)C(C)(C)C. The molecule has 1 saturated heterocycles. The van der Waals surface area contributed by atoms with Gasteiger partial charge >= 0.3 is 12.2 Å². The lowest BCUT2D eigenvalue weighted by Crippen LogP contribution is -2.66. The molecule has 0 bridgehead atoms. The molecule has 0 aromatic heterocycles. The zero-order valence-corrected chi connectivity index (χ0v) is 27.7. The zero-order chi connectivity index (χ0) is 31.8. The molecule has 7 nitrogen and oxygen atoms in total. The molecule has 1 aliphatic rings. The third kappa shape index (κ3) is 8.10. The van der Waals surface area contributed by atoms with Crippen molar-refractivity contribution in [2.24, 2.45) is 0 Å². The molecule has 8 heteroatoms. The van der Waals surface area contributed by atoms with Gasteiger partial charge in [-0.3, -0.25) is 4.90 Å². The van der Waals surface area contributed by atoms with Gasteiger partial charge in [-0.25, -0.2) is 9.59 Å². The van der Waals surface area contributed by atoms with Gasteiger partial charge in [-0.05, 0) is 41.7 Å². The van der Waals surface area contributed by atoms with E-state index in [2.05, 4.69) is 56.9 Å². The molecule has 0 saturated carbocycles. The molecule has 1 fully saturated rings. The molecule has 0 radical (unpaired) electrons. The fraction of sp³-hybridized carbons (Fsp3) is 0.389. The summed E-state index contributed by atoms with van der Waals surface area (Å²) in [5, 5.41) is 2.14. The molecule has 2 amide bonds. The Morgan fingerprint density at radius 1 is 0.795 bits per heavy atom. The lowest BCUT2D eigenvalue weighted by atomic mass is 10.1. The standard InChI is InChI=1S/C36H44N2O5Si/c1-35(2,3)43-34(40)38-25-24-37(33(39)41-28-29-17-10-7-11-18-29)27-30(38)19-16-26-42-44(36(4,5)6,31-20-12-8-13-21-31)32-22-14-9-15-23-32/h7-15,17-18,20-23,30H,24-28H2,1-6H3. The summed E-state index contributed by atoms with van der Waals surface area (Å²) < 4.78 is 18.2. The molecule has 232 valence electrons. The van der Waals surface area contributed by atoms with Crippen LogP contribution in [0.2, 0.25) is 5.04 Å². The van der Waals surface area contributed by atoms with Gasteiger partial charge in [-0.1, -0.05) is 124 Å². The Bertz CT molecular complexity index is 1400.